The smallest absolute Gasteiger partial charge is 0.321 e. The minimum Gasteiger partial charge on any atom is -0.461 e. The lowest BCUT2D eigenvalue weighted by atomic mass is 9.98. The second kappa shape index (κ2) is 8.66. The topological polar surface area (TPSA) is 83.8 Å². The van der Waals surface area contributed by atoms with Crippen LogP contribution in [0.15, 0.2) is 0 Å². The van der Waals surface area contributed by atoms with Gasteiger partial charge in [0.2, 0.25) is 0 Å². The fourth-order valence-corrected chi connectivity index (χ4v) is 3.60. The summed E-state index contributed by atoms with van der Waals surface area (Å²) in [5, 5.41) is 17.3. The van der Waals surface area contributed by atoms with Crippen molar-refractivity contribution in [2.45, 2.75) is 62.9 Å². The van der Waals surface area contributed by atoms with Crippen molar-refractivity contribution in [2.75, 3.05) is 12.4 Å². The first-order valence-corrected chi connectivity index (χ1v) is 8.33. The molecule has 2 N–H and O–H groups in total. The molecule has 1 aliphatic carbocycles. The Morgan fingerprint density at radius 2 is 2.00 bits per heavy atom. The number of aliphatic hydroxyl groups excluding tert-OH is 2. The van der Waals surface area contributed by atoms with Crippen molar-refractivity contribution in [3.8, 4) is 0 Å². The number of hydrogen-bond donors (Lipinski definition) is 2. The molecule has 1 saturated carbocycles. The molecule has 0 aromatic rings. The Morgan fingerprint density at radius 1 is 1.37 bits per heavy atom. The molecular weight excluding hydrogens is 268 g/mol. The fourth-order valence-electron chi connectivity index (χ4n) is 2.24. The Balaban J connectivity index is 2.48. The third-order valence-electron chi connectivity index (χ3n) is 3.35. The first-order chi connectivity index (χ1) is 9.08. The van der Waals surface area contributed by atoms with Crippen molar-refractivity contribution in [2.24, 2.45) is 0 Å². The molecular formula is C13H24O5S. The Hall–Kier alpha value is -0.460. The van der Waals surface area contributed by atoms with Crippen LogP contribution in [-0.4, -0.2) is 50.2 Å². The van der Waals surface area contributed by atoms with Gasteiger partial charge in [-0.15, -0.1) is 0 Å². The van der Waals surface area contributed by atoms with Crippen LogP contribution in [0.4, 0.5) is 0 Å². The quantitative estimate of drug-likeness (QED) is 0.676. The molecule has 0 spiro atoms. The number of carbonyl (C=O) groups is 1. The summed E-state index contributed by atoms with van der Waals surface area (Å²) in [5.74, 6) is -0.521. The molecule has 19 heavy (non-hydrogen) atoms. The molecule has 3 atom stereocenters. The summed E-state index contributed by atoms with van der Waals surface area (Å²) in [7, 11) is -1.51. The lowest BCUT2D eigenvalue weighted by molar-refractivity contribution is -0.149. The van der Waals surface area contributed by atoms with Crippen LogP contribution in [0.5, 0.6) is 0 Å². The van der Waals surface area contributed by atoms with Crippen molar-refractivity contribution in [3.05, 3.63) is 0 Å². The van der Waals surface area contributed by atoms with E-state index in [1.54, 1.807) is 6.92 Å². The standard InChI is InChI=1S/C13H24O5S/c1-2-12(19(17)9-10(15)8-14)13(16)18-11-6-4-3-5-7-11/h10-12,14-15H,2-9H2,1H3. The zero-order valence-electron chi connectivity index (χ0n) is 11.4. The Labute approximate surface area is 116 Å². The Kier molecular flexibility index (Phi) is 7.56. The van der Waals surface area contributed by atoms with Crippen molar-refractivity contribution < 1.29 is 24.0 Å². The average Bonchev–Trinajstić information content (AvgIpc) is 2.40. The van der Waals surface area contributed by atoms with E-state index in [0.717, 1.165) is 25.7 Å². The van der Waals surface area contributed by atoms with Gasteiger partial charge in [-0.25, -0.2) is 0 Å². The summed E-state index contributed by atoms with van der Waals surface area (Å²) in [4.78, 5) is 12.0. The first-order valence-electron chi connectivity index (χ1n) is 6.95. The molecule has 3 unspecified atom stereocenters. The van der Waals surface area contributed by atoms with Crippen LogP contribution < -0.4 is 0 Å². The van der Waals surface area contributed by atoms with E-state index in [2.05, 4.69) is 0 Å². The number of hydrogen-bond acceptors (Lipinski definition) is 5. The van der Waals surface area contributed by atoms with Crippen molar-refractivity contribution in [3.63, 3.8) is 0 Å². The predicted octanol–water partition coefficient (Wildman–Crippen LogP) is 0.743. The molecule has 112 valence electrons. The van der Waals surface area contributed by atoms with Gasteiger partial charge in [-0.2, -0.15) is 0 Å². The summed E-state index contributed by atoms with van der Waals surface area (Å²) < 4.78 is 17.4. The van der Waals surface area contributed by atoms with Gasteiger partial charge in [0.25, 0.3) is 0 Å². The second-order valence-corrected chi connectivity index (χ2v) is 6.64. The minimum absolute atomic E-state index is 0.0462. The van der Waals surface area contributed by atoms with E-state index in [4.69, 9.17) is 9.84 Å². The molecule has 0 bridgehead atoms. The van der Waals surface area contributed by atoms with E-state index in [9.17, 15) is 14.1 Å². The van der Waals surface area contributed by atoms with Crippen LogP contribution in [0.3, 0.4) is 0 Å². The van der Waals surface area contributed by atoms with Gasteiger partial charge in [0.1, 0.15) is 11.4 Å². The maximum Gasteiger partial charge on any atom is 0.321 e. The average molecular weight is 292 g/mol. The van der Waals surface area contributed by atoms with E-state index in [0.29, 0.717) is 6.42 Å². The van der Waals surface area contributed by atoms with Gasteiger partial charge < -0.3 is 14.9 Å². The zero-order chi connectivity index (χ0) is 14.3. The van der Waals surface area contributed by atoms with Crippen LogP contribution in [0.2, 0.25) is 0 Å². The highest BCUT2D eigenvalue weighted by atomic mass is 32.2. The Morgan fingerprint density at radius 3 is 2.53 bits per heavy atom. The highest BCUT2D eigenvalue weighted by Gasteiger charge is 2.29. The van der Waals surface area contributed by atoms with Crippen LogP contribution in [0.25, 0.3) is 0 Å². The predicted molar refractivity (Wildman–Crippen MR) is 73.1 cm³/mol. The summed E-state index contributed by atoms with van der Waals surface area (Å²) in [6, 6.07) is 0. The summed E-state index contributed by atoms with van der Waals surface area (Å²) in [5.41, 5.74) is 0. The van der Waals surface area contributed by atoms with Crippen molar-refractivity contribution in [1.82, 2.24) is 0 Å². The lowest BCUT2D eigenvalue weighted by Crippen LogP contribution is -2.35. The van der Waals surface area contributed by atoms with E-state index in [1.807, 2.05) is 0 Å². The minimum atomic E-state index is -1.51. The fraction of sp³-hybridized carbons (Fsp3) is 0.923. The molecule has 0 aromatic heterocycles. The van der Waals surface area contributed by atoms with Crippen LogP contribution >= 0.6 is 0 Å². The van der Waals surface area contributed by atoms with Crippen LogP contribution in [0, 0.1) is 0 Å². The van der Waals surface area contributed by atoms with Gasteiger partial charge in [0, 0.05) is 10.8 Å². The van der Waals surface area contributed by atoms with Crippen LogP contribution in [-0.2, 0) is 20.3 Å². The summed E-state index contributed by atoms with van der Waals surface area (Å²) in [6.45, 7) is 1.33. The SMILES string of the molecule is CCC(C(=O)OC1CCCCC1)S(=O)CC(O)CO. The zero-order valence-corrected chi connectivity index (χ0v) is 12.2. The molecule has 0 aliphatic heterocycles. The van der Waals surface area contributed by atoms with Crippen molar-refractivity contribution in [1.29, 1.82) is 0 Å². The molecule has 0 amide bonds. The molecule has 6 heteroatoms. The summed E-state index contributed by atoms with van der Waals surface area (Å²) >= 11 is 0. The van der Waals surface area contributed by atoms with Gasteiger partial charge in [0.15, 0.2) is 0 Å². The number of rotatable bonds is 7. The maximum absolute atomic E-state index is 12.0. The lowest BCUT2D eigenvalue weighted by Gasteiger charge is -2.24. The van der Waals surface area contributed by atoms with Crippen molar-refractivity contribution >= 4 is 16.8 Å². The third-order valence-corrected chi connectivity index (χ3v) is 5.23. The highest BCUT2D eigenvalue weighted by Crippen LogP contribution is 2.21. The largest absolute Gasteiger partial charge is 0.461 e. The molecule has 0 aromatic carbocycles. The molecule has 1 rings (SSSR count). The van der Waals surface area contributed by atoms with Gasteiger partial charge in [-0.3, -0.25) is 9.00 Å². The van der Waals surface area contributed by atoms with Gasteiger partial charge in [-0.1, -0.05) is 13.3 Å². The molecule has 0 heterocycles. The van der Waals surface area contributed by atoms with E-state index < -0.39 is 34.7 Å². The van der Waals surface area contributed by atoms with Gasteiger partial charge in [0.05, 0.1) is 18.5 Å². The molecule has 5 nitrogen and oxygen atoms in total. The molecule has 0 saturated heterocycles. The molecule has 0 radical (unpaired) electrons. The highest BCUT2D eigenvalue weighted by molar-refractivity contribution is 7.86. The number of carbonyl (C=O) groups excluding carboxylic acids is 1. The van der Waals surface area contributed by atoms with Crippen LogP contribution in [0.1, 0.15) is 45.4 Å². The third kappa shape index (κ3) is 5.58. The normalized spacial score (nSPS) is 21.6. The first kappa shape index (κ1) is 16.6. The number of aliphatic hydroxyl groups is 2. The number of esters is 1. The van der Waals surface area contributed by atoms with Gasteiger partial charge >= 0.3 is 5.97 Å². The maximum atomic E-state index is 12.0. The van der Waals surface area contributed by atoms with E-state index in [1.165, 1.54) is 6.42 Å². The number of ether oxygens (including phenoxy) is 1. The van der Waals surface area contributed by atoms with Gasteiger partial charge in [-0.05, 0) is 32.1 Å². The molecule has 1 fully saturated rings. The monoisotopic (exact) mass is 292 g/mol. The second-order valence-electron chi connectivity index (χ2n) is 4.98. The van der Waals surface area contributed by atoms with E-state index in [-0.39, 0.29) is 11.9 Å². The summed E-state index contributed by atoms with van der Waals surface area (Å²) in [6.07, 6.45) is 4.41. The van der Waals surface area contributed by atoms with E-state index >= 15 is 0 Å². The molecule has 1 aliphatic rings. The Bertz CT molecular complexity index is 301.